The highest BCUT2D eigenvalue weighted by Crippen LogP contribution is 2.15. The van der Waals surface area contributed by atoms with Crippen molar-refractivity contribution in [2.75, 3.05) is 19.6 Å². The van der Waals surface area contributed by atoms with Crippen LogP contribution in [0.25, 0.3) is 0 Å². The van der Waals surface area contributed by atoms with E-state index in [2.05, 4.69) is 5.32 Å². The predicted octanol–water partition coefficient (Wildman–Crippen LogP) is 0.0707. The van der Waals surface area contributed by atoms with Crippen molar-refractivity contribution in [3.63, 3.8) is 0 Å². The number of nitrogens with one attached hydrogen (secondary N) is 1. The zero-order valence-electron chi connectivity index (χ0n) is 10.7. The van der Waals surface area contributed by atoms with Crippen LogP contribution in [0.2, 0.25) is 0 Å². The van der Waals surface area contributed by atoms with Crippen molar-refractivity contribution in [3.05, 3.63) is 0 Å². The average molecular weight is 243 g/mol. The Balaban J connectivity index is 2.71. The smallest absolute Gasteiger partial charge is 0.411 e. The third-order valence-corrected chi connectivity index (χ3v) is 2.40. The summed E-state index contributed by atoms with van der Waals surface area (Å²) in [5, 5.41) is 2.72. The molecule has 2 amide bonds. The van der Waals surface area contributed by atoms with Gasteiger partial charge in [-0.15, -0.1) is 0 Å². The van der Waals surface area contributed by atoms with Gasteiger partial charge in [0.2, 0.25) is 5.91 Å². The maximum absolute atomic E-state index is 11.9. The Kier molecular flexibility index (Phi) is 4.34. The molecule has 0 bridgehead atoms. The molecular weight excluding hydrogens is 222 g/mol. The lowest BCUT2D eigenvalue weighted by molar-refractivity contribution is -0.129. The van der Waals surface area contributed by atoms with Crippen molar-refractivity contribution >= 4 is 12.0 Å². The summed E-state index contributed by atoms with van der Waals surface area (Å²) in [6, 6.07) is -0.511. The lowest BCUT2D eigenvalue weighted by Crippen LogP contribution is -2.58. The zero-order chi connectivity index (χ0) is 13.1. The molecule has 1 aliphatic heterocycles. The Morgan fingerprint density at radius 3 is 2.76 bits per heavy atom. The summed E-state index contributed by atoms with van der Waals surface area (Å²) in [7, 11) is 0. The molecule has 98 valence electrons. The van der Waals surface area contributed by atoms with Crippen LogP contribution < -0.4 is 11.1 Å². The van der Waals surface area contributed by atoms with Crippen LogP contribution in [0.3, 0.4) is 0 Å². The number of ether oxygens (including phenoxy) is 1. The minimum Gasteiger partial charge on any atom is -0.444 e. The number of rotatable bonds is 2. The molecule has 17 heavy (non-hydrogen) atoms. The molecule has 1 fully saturated rings. The van der Waals surface area contributed by atoms with E-state index in [4.69, 9.17) is 10.5 Å². The number of piperazine rings is 1. The van der Waals surface area contributed by atoms with E-state index >= 15 is 0 Å². The van der Waals surface area contributed by atoms with Gasteiger partial charge in [-0.3, -0.25) is 9.69 Å². The topological polar surface area (TPSA) is 84.7 Å². The van der Waals surface area contributed by atoms with E-state index in [1.165, 1.54) is 4.90 Å². The molecule has 6 nitrogen and oxygen atoms in total. The molecule has 0 radical (unpaired) electrons. The number of nitrogens with zero attached hydrogens (tertiary/aromatic N) is 1. The van der Waals surface area contributed by atoms with E-state index in [1.807, 2.05) is 0 Å². The molecule has 0 saturated carbocycles. The minimum atomic E-state index is -0.557. The molecule has 1 atom stereocenters. The fraction of sp³-hybridized carbons (Fsp3) is 0.818. The fourth-order valence-corrected chi connectivity index (χ4v) is 1.70. The third-order valence-electron chi connectivity index (χ3n) is 2.40. The maximum atomic E-state index is 11.9. The number of carbonyl (C=O) groups excluding carboxylic acids is 2. The molecular formula is C11H21N3O3. The molecule has 1 saturated heterocycles. The van der Waals surface area contributed by atoms with Gasteiger partial charge in [-0.1, -0.05) is 0 Å². The third kappa shape index (κ3) is 3.89. The predicted molar refractivity (Wildman–Crippen MR) is 63.4 cm³/mol. The van der Waals surface area contributed by atoms with Crippen LogP contribution in [0.1, 0.15) is 27.2 Å². The lowest BCUT2D eigenvalue weighted by atomic mass is 10.1. The van der Waals surface area contributed by atoms with Crippen molar-refractivity contribution in [3.8, 4) is 0 Å². The van der Waals surface area contributed by atoms with E-state index in [0.717, 1.165) is 0 Å². The van der Waals surface area contributed by atoms with Crippen LogP contribution in [-0.2, 0) is 9.53 Å². The number of amides is 2. The Hall–Kier alpha value is -1.30. The minimum absolute atomic E-state index is 0.160. The van der Waals surface area contributed by atoms with Crippen molar-refractivity contribution in [2.24, 2.45) is 5.73 Å². The Morgan fingerprint density at radius 1 is 1.59 bits per heavy atom. The fourth-order valence-electron chi connectivity index (χ4n) is 1.70. The van der Waals surface area contributed by atoms with Crippen LogP contribution in [0, 0.1) is 0 Å². The molecule has 1 heterocycles. The summed E-state index contributed by atoms with van der Waals surface area (Å²) in [5.74, 6) is -0.160. The first kappa shape index (κ1) is 13.8. The van der Waals surface area contributed by atoms with Gasteiger partial charge in [-0.25, -0.2) is 4.79 Å². The lowest BCUT2D eigenvalue weighted by Gasteiger charge is -2.35. The monoisotopic (exact) mass is 243 g/mol. The second-order valence-electron chi connectivity index (χ2n) is 5.06. The van der Waals surface area contributed by atoms with Crippen molar-refractivity contribution in [1.82, 2.24) is 10.2 Å². The van der Waals surface area contributed by atoms with Gasteiger partial charge < -0.3 is 15.8 Å². The van der Waals surface area contributed by atoms with Crippen LogP contribution in [0.5, 0.6) is 0 Å². The van der Waals surface area contributed by atoms with E-state index in [9.17, 15) is 9.59 Å². The van der Waals surface area contributed by atoms with Gasteiger partial charge in [-0.05, 0) is 33.7 Å². The van der Waals surface area contributed by atoms with E-state index in [0.29, 0.717) is 26.1 Å². The highest BCUT2D eigenvalue weighted by molar-refractivity contribution is 5.86. The molecule has 0 spiro atoms. The first-order valence-electron chi connectivity index (χ1n) is 5.82. The summed E-state index contributed by atoms with van der Waals surface area (Å²) >= 11 is 0. The first-order valence-corrected chi connectivity index (χ1v) is 5.82. The highest BCUT2D eigenvalue weighted by Gasteiger charge is 2.34. The van der Waals surface area contributed by atoms with E-state index in [1.54, 1.807) is 20.8 Å². The first-order chi connectivity index (χ1) is 7.85. The molecule has 6 heteroatoms. The molecule has 1 aliphatic rings. The number of nitrogens with two attached hydrogens (primary N) is 1. The Morgan fingerprint density at radius 2 is 2.24 bits per heavy atom. The summed E-state index contributed by atoms with van der Waals surface area (Å²) < 4.78 is 5.27. The molecule has 0 aromatic heterocycles. The summed E-state index contributed by atoms with van der Waals surface area (Å²) in [5.41, 5.74) is 4.90. The molecule has 1 rings (SSSR count). The largest absolute Gasteiger partial charge is 0.444 e. The zero-order valence-corrected chi connectivity index (χ0v) is 10.7. The van der Waals surface area contributed by atoms with Crippen LogP contribution in [0.15, 0.2) is 0 Å². The average Bonchev–Trinajstić information content (AvgIpc) is 2.18. The Bertz CT molecular complexity index is 299. The van der Waals surface area contributed by atoms with Crippen LogP contribution in [-0.4, -0.2) is 48.2 Å². The molecule has 3 N–H and O–H groups in total. The van der Waals surface area contributed by atoms with Gasteiger partial charge in [0, 0.05) is 13.1 Å². The van der Waals surface area contributed by atoms with Crippen molar-refractivity contribution in [1.29, 1.82) is 0 Å². The highest BCUT2D eigenvalue weighted by atomic mass is 16.6. The van der Waals surface area contributed by atoms with Gasteiger partial charge in [-0.2, -0.15) is 0 Å². The van der Waals surface area contributed by atoms with Gasteiger partial charge >= 0.3 is 6.09 Å². The normalized spacial score (nSPS) is 21.1. The Labute approximate surface area is 101 Å². The molecule has 0 aromatic rings. The quantitative estimate of drug-likeness (QED) is 0.719. The van der Waals surface area contributed by atoms with Gasteiger partial charge in [0.15, 0.2) is 0 Å². The second kappa shape index (κ2) is 5.35. The number of hydrogen-bond donors (Lipinski definition) is 2. The summed E-state index contributed by atoms with van der Waals surface area (Å²) in [6.07, 6.45) is -0.00348. The molecule has 0 aromatic carbocycles. The number of hydrogen-bond acceptors (Lipinski definition) is 4. The van der Waals surface area contributed by atoms with Crippen molar-refractivity contribution < 1.29 is 14.3 Å². The SMILES string of the molecule is CC(C)(C)OC(=O)N1CCNC(=O)C1CCN. The van der Waals surface area contributed by atoms with E-state index in [-0.39, 0.29) is 5.91 Å². The van der Waals surface area contributed by atoms with Gasteiger partial charge in [0.25, 0.3) is 0 Å². The molecule has 1 unspecified atom stereocenters. The maximum Gasteiger partial charge on any atom is 0.411 e. The van der Waals surface area contributed by atoms with Crippen LogP contribution in [0.4, 0.5) is 4.79 Å². The van der Waals surface area contributed by atoms with Crippen LogP contribution >= 0.6 is 0 Å². The summed E-state index contributed by atoms with van der Waals surface area (Å²) in [4.78, 5) is 25.0. The van der Waals surface area contributed by atoms with Gasteiger partial charge in [0.1, 0.15) is 11.6 Å². The standard InChI is InChI=1S/C11H21N3O3/c1-11(2,3)17-10(16)14-7-6-13-9(15)8(14)4-5-12/h8H,4-7,12H2,1-3H3,(H,13,15). The van der Waals surface area contributed by atoms with Gasteiger partial charge in [0.05, 0.1) is 0 Å². The van der Waals surface area contributed by atoms with E-state index < -0.39 is 17.7 Å². The number of carbonyl (C=O) groups is 2. The van der Waals surface area contributed by atoms with Crippen molar-refractivity contribution in [2.45, 2.75) is 38.8 Å². The summed E-state index contributed by atoms with van der Waals surface area (Å²) in [6.45, 7) is 6.68. The molecule has 0 aliphatic carbocycles. The second-order valence-corrected chi connectivity index (χ2v) is 5.06.